The average molecular weight is 372 g/mol. The summed E-state index contributed by atoms with van der Waals surface area (Å²) in [7, 11) is -3.46. The quantitative estimate of drug-likeness (QED) is 0.873. The van der Waals surface area contributed by atoms with E-state index in [2.05, 4.69) is 12.1 Å². The fourth-order valence-corrected chi connectivity index (χ4v) is 4.68. The minimum atomic E-state index is -3.46. The van der Waals surface area contributed by atoms with Gasteiger partial charge in [0.15, 0.2) is 9.84 Å². The maximum Gasteiger partial charge on any atom is 0.255 e. The summed E-state index contributed by atoms with van der Waals surface area (Å²) in [4.78, 5) is 14.9. The van der Waals surface area contributed by atoms with Gasteiger partial charge in [-0.3, -0.25) is 4.79 Å². The van der Waals surface area contributed by atoms with Crippen LogP contribution in [0.15, 0.2) is 59.5 Å². The van der Waals surface area contributed by atoms with Gasteiger partial charge in [0, 0.05) is 19.0 Å². The van der Waals surface area contributed by atoms with E-state index in [4.69, 9.17) is 5.73 Å². The highest BCUT2D eigenvalue weighted by molar-refractivity contribution is 7.91. The summed E-state index contributed by atoms with van der Waals surface area (Å²) in [5.41, 5.74) is 7.36. The molecule has 6 heteroatoms. The van der Waals surface area contributed by atoms with Gasteiger partial charge in [0.2, 0.25) is 0 Å². The van der Waals surface area contributed by atoms with Gasteiger partial charge in [-0.2, -0.15) is 0 Å². The van der Waals surface area contributed by atoms with Crippen molar-refractivity contribution in [1.82, 2.24) is 4.90 Å². The maximum absolute atomic E-state index is 13.1. The predicted octanol–water partition coefficient (Wildman–Crippen LogP) is 2.29. The van der Waals surface area contributed by atoms with Gasteiger partial charge >= 0.3 is 0 Å². The van der Waals surface area contributed by atoms with Crippen LogP contribution in [0, 0.1) is 5.92 Å². The van der Waals surface area contributed by atoms with Crippen LogP contribution in [-0.2, 0) is 9.84 Å². The van der Waals surface area contributed by atoms with Crippen LogP contribution in [0.4, 0.5) is 0 Å². The third-order valence-electron chi connectivity index (χ3n) is 5.09. The van der Waals surface area contributed by atoms with Gasteiger partial charge < -0.3 is 10.6 Å². The number of rotatable bonds is 5. The number of benzene rings is 2. The number of hydrogen-bond acceptors (Lipinski definition) is 4. The Balaban J connectivity index is 1.91. The second kappa shape index (κ2) is 7.60. The minimum absolute atomic E-state index is 0.0324. The lowest BCUT2D eigenvalue weighted by Crippen LogP contribution is -2.31. The second-order valence-corrected chi connectivity index (χ2v) is 8.87. The van der Waals surface area contributed by atoms with Crippen molar-refractivity contribution in [1.29, 1.82) is 0 Å². The third kappa shape index (κ3) is 3.52. The zero-order valence-electron chi connectivity index (χ0n) is 14.8. The topological polar surface area (TPSA) is 80.5 Å². The molecule has 0 radical (unpaired) electrons. The molecule has 138 valence electrons. The minimum Gasteiger partial charge on any atom is -0.338 e. The molecule has 2 aromatic rings. The molecule has 1 amide bonds. The summed E-state index contributed by atoms with van der Waals surface area (Å²) in [5, 5.41) is 0. The van der Waals surface area contributed by atoms with Gasteiger partial charge in [-0.1, -0.05) is 49.4 Å². The van der Waals surface area contributed by atoms with Crippen molar-refractivity contribution < 1.29 is 13.2 Å². The fourth-order valence-electron chi connectivity index (χ4n) is 3.59. The SMILES string of the molecule is CCS(=O)(=O)c1ccccc1C(=O)N1C[C@@H](CN)[C@H](c2ccccc2)C1. The molecule has 0 unspecified atom stereocenters. The van der Waals surface area contributed by atoms with Crippen LogP contribution in [-0.4, -0.2) is 44.6 Å². The number of nitrogens with two attached hydrogens (primary N) is 1. The zero-order valence-corrected chi connectivity index (χ0v) is 15.7. The van der Waals surface area contributed by atoms with Crippen LogP contribution < -0.4 is 5.73 Å². The van der Waals surface area contributed by atoms with Crippen molar-refractivity contribution in [3.63, 3.8) is 0 Å². The number of amides is 1. The van der Waals surface area contributed by atoms with Crippen molar-refractivity contribution in [2.75, 3.05) is 25.4 Å². The van der Waals surface area contributed by atoms with Crippen LogP contribution in [0.1, 0.15) is 28.8 Å². The number of carbonyl (C=O) groups is 1. The van der Waals surface area contributed by atoms with Gasteiger partial charge in [0.25, 0.3) is 5.91 Å². The Bertz CT molecular complexity index is 881. The summed E-state index contributed by atoms with van der Waals surface area (Å²) in [5.74, 6) is 0.0564. The molecule has 0 saturated carbocycles. The van der Waals surface area contributed by atoms with E-state index in [1.165, 1.54) is 6.07 Å². The van der Waals surface area contributed by atoms with Crippen molar-refractivity contribution in [2.45, 2.75) is 17.7 Å². The molecule has 1 heterocycles. The van der Waals surface area contributed by atoms with E-state index in [0.29, 0.717) is 19.6 Å². The molecular formula is C20H24N2O3S. The lowest BCUT2D eigenvalue weighted by atomic mass is 9.89. The van der Waals surface area contributed by atoms with E-state index in [9.17, 15) is 13.2 Å². The Kier molecular flexibility index (Phi) is 5.44. The third-order valence-corrected chi connectivity index (χ3v) is 6.88. The first kappa shape index (κ1) is 18.6. The van der Waals surface area contributed by atoms with Gasteiger partial charge in [0.1, 0.15) is 0 Å². The Morgan fingerprint density at radius 2 is 1.73 bits per heavy atom. The Morgan fingerprint density at radius 3 is 2.38 bits per heavy atom. The van der Waals surface area contributed by atoms with Crippen molar-refractivity contribution >= 4 is 15.7 Å². The molecule has 0 aromatic heterocycles. The van der Waals surface area contributed by atoms with Crippen LogP contribution in [0.3, 0.4) is 0 Å². The summed E-state index contributed by atoms with van der Waals surface area (Å²) >= 11 is 0. The standard InChI is InChI=1S/C20H24N2O3S/c1-2-26(24,25)19-11-7-6-10-17(19)20(23)22-13-16(12-21)18(14-22)15-8-4-3-5-9-15/h3-11,16,18H,2,12-14,21H2,1H3/t16-,18+/m1/s1. The van der Waals surface area contributed by atoms with E-state index in [0.717, 1.165) is 5.56 Å². The van der Waals surface area contributed by atoms with Gasteiger partial charge in [-0.05, 0) is 30.2 Å². The number of sulfone groups is 1. The molecule has 2 N–H and O–H groups in total. The van der Waals surface area contributed by atoms with E-state index < -0.39 is 9.84 Å². The molecule has 1 fully saturated rings. The Hall–Kier alpha value is -2.18. The van der Waals surface area contributed by atoms with Crippen LogP contribution >= 0.6 is 0 Å². The molecule has 2 aromatic carbocycles. The molecule has 5 nitrogen and oxygen atoms in total. The lowest BCUT2D eigenvalue weighted by molar-refractivity contribution is 0.0782. The number of carbonyl (C=O) groups excluding carboxylic acids is 1. The second-order valence-electron chi connectivity index (χ2n) is 6.62. The first-order valence-electron chi connectivity index (χ1n) is 8.84. The highest BCUT2D eigenvalue weighted by atomic mass is 32.2. The first-order valence-corrected chi connectivity index (χ1v) is 10.5. The summed E-state index contributed by atoms with van der Waals surface area (Å²) in [6.07, 6.45) is 0. The molecule has 2 atom stereocenters. The number of hydrogen-bond donors (Lipinski definition) is 1. The van der Waals surface area contributed by atoms with Crippen molar-refractivity contribution in [3.8, 4) is 0 Å². The largest absolute Gasteiger partial charge is 0.338 e. The van der Waals surface area contributed by atoms with Crippen LogP contribution in [0.25, 0.3) is 0 Å². The van der Waals surface area contributed by atoms with Crippen LogP contribution in [0.2, 0.25) is 0 Å². The smallest absolute Gasteiger partial charge is 0.255 e. The van der Waals surface area contributed by atoms with E-state index in [1.54, 1.807) is 30.0 Å². The number of likely N-dealkylation sites (tertiary alicyclic amines) is 1. The molecular weight excluding hydrogens is 348 g/mol. The van der Waals surface area contributed by atoms with Gasteiger partial charge in [-0.25, -0.2) is 8.42 Å². The highest BCUT2D eigenvalue weighted by Gasteiger charge is 2.36. The molecule has 3 rings (SSSR count). The monoisotopic (exact) mass is 372 g/mol. The normalized spacial score (nSPS) is 20.3. The van der Waals surface area contributed by atoms with Crippen molar-refractivity contribution in [2.24, 2.45) is 11.7 Å². The fraction of sp³-hybridized carbons (Fsp3) is 0.350. The zero-order chi connectivity index (χ0) is 18.7. The van der Waals surface area contributed by atoms with Gasteiger partial charge in [-0.15, -0.1) is 0 Å². The average Bonchev–Trinajstić information content (AvgIpc) is 3.12. The lowest BCUT2D eigenvalue weighted by Gasteiger charge is -2.18. The Labute approximate surface area is 154 Å². The molecule has 1 saturated heterocycles. The number of nitrogens with zero attached hydrogens (tertiary/aromatic N) is 1. The first-order chi connectivity index (χ1) is 12.5. The Morgan fingerprint density at radius 1 is 1.08 bits per heavy atom. The molecule has 0 aliphatic carbocycles. The van der Waals surface area contributed by atoms with Crippen molar-refractivity contribution in [3.05, 3.63) is 65.7 Å². The predicted molar refractivity (Wildman–Crippen MR) is 102 cm³/mol. The molecule has 1 aliphatic heterocycles. The summed E-state index contributed by atoms with van der Waals surface area (Å²) in [6.45, 7) is 3.15. The maximum atomic E-state index is 13.1. The molecule has 26 heavy (non-hydrogen) atoms. The molecule has 0 bridgehead atoms. The van der Waals surface area contributed by atoms with E-state index in [-0.39, 0.29) is 34.0 Å². The van der Waals surface area contributed by atoms with Gasteiger partial charge in [0.05, 0.1) is 16.2 Å². The van der Waals surface area contributed by atoms with E-state index >= 15 is 0 Å². The summed E-state index contributed by atoms with van der Waals surface area (Å²) in [6, 6.07) is 16.5. The highest BCUT2D eigenvalue weighted by Crippen LogP contribution is 2.33. The molecule has 0 spiro atoms. The molecule has 1 aliphatic rings. The van der Waals surface area contributed by atoms with E-state index in [1.807, 2.05) is 18.2 Å². The summed E-state index contributed by atoms with van der Waals surface area (Å²) < 4.78 is 24.7. The van der Waals surface area contributed by atoms with Crippen LogP contribution in [0.5, 0.6) is 0 Å².